The summed E-state index contributed by atoms with van der Waals surface area (Å²) in [5, 5.41) is 20.1. The molecule has 0 saturated heterocycles. The number of hydrogen-bond acceptors (Lipinski definition) is 5. The Morgan fingerprint density at radius 2 is 2.00 bits per heavy atom. The quantitative estimate of drug-likeness (QED) is 0.544. The summed E-state index contributed by atoms with van der Waals surface area (Å²) in [6.07, 6.45) is 0.251. The number of benzene rings is 2. The van der Waals surface area contributed by atoms with E-state index in [1.165, 1.54) is 4.80 Å². The topological polar surface area (TPSA) is 77.2 Å². The van der Waals surface area contributed by atoms with E-state index in [2.05, 4.69) is 10.2 Å². The monoisotopic (exact) mass is 373 g/mol. The summed E-state index contributed by atoms with van der Waals surface area (Å²) < 4.78 is 5.37. The average Bonchev–Trinajstić information content (AvgIpc) is 3.00. The number of ether oxygens (including phenoxy) is 1. The Morgan fingerprint density at radius 1 is 1.27 bits per heavy atom. The molecule has 2 aromatic carbocycles. The van der Waals surface area contributed by atoms with Crippen LogP contribution in [0.15, 0.2) is 30.3 Å². The second-order valence-electron chi connectivity index (χ2n) is 7.01. The van der Waals surface area contributed by atoms with Crippen LogP contribution < -0.4 is 4.74 Å². The zero-order valence-electron chi connectivity index (χ0n) is 15.1. The first kappa shape index (κ1) is 18.2. The van der Waals surface area contributed by atoms with E-state index < -0.39 is 0 Å². The Morgan fingerprint density at radius 3 is 2.62 bits per heavy atom. The maximum absolute atomic E-state index is 11.7. The number of phenols is 1. The molecule has 136 valence electrons. The van der Waals surface area contributed by atoms with E-state index >= 15 is 0 Å². The maximum atomic E-state index is 11.7. The lowest BCUT2D eigenvalue weighted by Crippen LogP contribution is -2.14. The van der Waals surface area contributed by atoms with E-state index in [0.29, 0.717) is 33.1 Å². The third-order valence-corrected chi connectivity index (χ3v) is 4.27. The van der Waals surface area contributed by atoms with Gasteiger partial charge >= 0.3 is 5.97 Å². The van der Waals surface area contributed by atoms with E-state index in [1.54, 1.807) is 37.3 Å². The Labute approximate surface area is 156 Å². The van der Waals surface area contributed by atoms with Crippen LogP contribution in [0.4, 0.5) is 0 Å². The summed E-state index contributed by atoms with van der Waals surface area (Å²) in [5.74, 6) is 0.00961. The lowest BCUT2D eigenvalue weighted by molar-refractivity contribution is -0.134. The molecule has 0 aliphatic carbocycles. The molecule has 3 rings (SSSR count). The van der Waals surface area contributed by atoms with Crippen molar-refractivity contribution in [2.24, 2.45) is 0 Å². The van der Waals surface area contributed by atoms with Gasteiger partial charge in [-0.3, -0.25) is 4.79 Å². The fourth-order valence-electron chi connectivity index (χ4n) is 2.59. The molecule has 6 nitrogen and oxygen atoms in total. The highest BCUT2D eigenvalue weighted by Crippen LogP contribution is 2.38. The first-order valence-electron chi connectivity index (χ1n) is 8.31. The molecule has 0 fully saturated rings. The van der Waals surface area contributed by atoms with Crippen molar-refractivity contribution >= 4 is 28.6 Å². The van der Waals surface area contributed by atoms with E-state index in [-0.39, 0.29) is 23.6 Å². The third kappa shape index (κ3) is 3.37. The number of hydrogen-bond donors (Lipinski definition) is 1. The van der Waals surface area contributed by atoms with Crippen LogP contribution in [0.2, 0.25) is 5.02 Å². The zero-order valence-corrected chi connectivity index (χ0v) is 15.8. The summed E-state index contributed by atoms with van der Waals surface area (Å²) in [7, 11) is 0. The predicted molar refractivity (Wildman–Crippen MR) is 100 cm³/mol. The molecule has 3 aromatic rings. The van der Waals surface area contributed by atoms with Crippen LogP contribution in [0.25, 0.3) is 16.7 Å². The maximum Gasteiger partial charge on any atom is 0.310 e. The van der Waals surface area contributed by atoms with E-state index in [4.69, 9.17) is 16.3 Å². The molecule has 7 heteroatoms. The van der Waals surface area contributed by atoms with Gasteiger partial charge in [-0.15, -0.1) is 15.0 Å². The molecule has 0 amide bonds. The molecule has 1 N–H and O–H groups in total. The van der Waals surface area contributed by atoms with Crippen LogP contribution in [0.1, 0.15) is 39.7 Å². The first-order valence-corrected chi connectivity index (χ1v) is 8.68. The number of aromatic hydroxyl groups is 1. The minimum absolute atomic E-state index is 0.0326. The van der Waals surface area contributed by atoms with Crippen LogP contribution in [0, 0.1) is 0 Å². The van der Waals surface area contributed by atoms with E-state index in [0.717, 1.165) is 0 Å². The van der Waals surface area contributed by atoms with Crippen molar-refractivity contribution in [1.82, 2.24) is 15.0 Å². The Balaban J connectivity index is 2.22. The number of esters is 1. The number of carbonyl (C=O) groups excluding carboxylic acids is 1. The van der Waals surface area contributed by atoms with Crippen molar-refractivity contribution in [3.05, 3.63) is 40.9 Å². The van der Waals surface area contributed by atoms with Gasteiger partial charge in [-0.05, 0) is 23.6 Å². The van der Waals surface area contributed by atoms with Gasteiger partial charge in [-0.2, -0.15) is 0 Å². The predicted octanol–water partition coefficient (Wildman–Crippen LogP) is 4.39. The standard InChI is InChI=1S/C19H20ClN3O3/c1-5-16(24)26-11-9-12(19(2,3)4)18(25)15(10-11)23-21-14-8-6-7-13(20)17(14)22-23/h6-10,25H,5H2,1-4H3. The van der Waals surface area contributed by atoms with Crippen molar-refractivity contribution in [2.45, 2.75) is 39.5 Å². The second-order valence-corrected chi connectivity index (χ2v) is 7.42. The molecule has 0 atom stereocenters. The minimum Gasteiger partial charge on any atom is -0.505 e. The molecular formula is C19H20ClN3O3. The van der Waals surface area contributed by atoms with Gasteiger partial charge in [-0.1, -0.05) is 45.4 Å². The van der Waals surface area contributed by atoms with Crippen molar-refractivity contribution in [3.63, 3.8) is 0 Å². The third-order valence-electron chi connectivity index (χ3n) is 3.97. The summed E-state index contributed by atoms with van der Waals surface area (Å²) in [6, 6.07) is 8.51. The molecule has 0 bridgehead atoms. The first-order chi connectivity index (χ1) is 12.2. The van der Waals surface area contributed by atoms with Crippen molar-refractivity contribution in [3.8, 4) is 17.2 Å². The highest BCUT2D eigenvalue weighted by molar-refractivity contribution is 6.34. The number of phenolic OH excluding ortho intramolecular Hbond substituents is 1. The number of rotatable bonds is 3. The van der Waals surface area contributed by atoms with Crippen molar-refractivity contribution in [2.75, 3.05) is 0 Å². The Bertz CT molecular complexity index is 990. The Hall–Kier alpha value is -2.60. The minimum atomic E-state index is -0.377. The second kappa shape index (κ2) is 6.61. The van der Waals surface area contributed by atoms with Gasteiger partial charge in [0.1, 0.15) is 28.2 Å². The van der Waals surface area contributed by atoms with Gasteiger partial charge in [0, 0.05) is 18.1 Å². The van der Waals surface area contributed by atoms with Crippen molar-refractivity contribution in [1.29, 1.82) is 0 Å². The fraction of sp³-hybridized carbons (Fsp3) is 0.316. The largest absolute Gasteiger partial charge is 0.505 e. The molecular weight excluding hydrogens is 354 g/mol. The number of nitrogens with zero attached hydrogens (tertiary/aromatic N) is 3. The van der Waals surface area contributed by atoms with Gasteiger partial charge in [0.05, 0.1) is 5.02 Å². The lowest BCUT2D eigenvalue weighted by atomic mass is 9.86. The fourth-order valence-corrected chi connectivity index (χ4v) is 2.80. The van der Waals surface area contributed by atoms with Gasteiger partial charge < -0.3 is 9.84 Å². The van der Waals surface area contributed by atoms with Gasteiger partial charge in [0.2, 0.25) is 0 Å². The number of carbonyl (C=O) groups is 1. The molecule has 0 saturated carbocycles. The van der Waals surface area contributed by atoms with Crippen LogP contribution in [-0.2, 0) is 10.2 Å². The van der Waals surface area contributed by atoms with Crippen LogP contribution >= 0.6 is 11.6 Å². The normalized spacial score (nSPS) is 11.7. The van der Waals surface area contributed by atoms with Crippen molar-refractivity contribution < 1.29 is 14.6 Å². The highest BCUT2D eigenvalue weighted by atomic mass is 35.5. The van der Waals surface area contributed by atoms with Crippen LogP contribution in [0.5, 0.6) is 11.5 Å². The van der Waals surface area contributed by atoms with Gasteiger partial charge in [0.25, 0.3) is 0 Å². The Kier molecular flexibility index (Phi) is 4.63. The summed E-state index contributed by atoms with van der Waals surface area (Å²) in [4.78, 5) is 13.0. The highest BCUT2D eigenvalue weighted by Gasteiger charge is 2.24. The molecule has 1 aromatic heterocycles. The summed E-state index contributed by atoms with van der Waals surface area (Å²) in [5.41, 5.74) is 1.70. The number of aromatic nitrogens is 3. The molecule has 0 radical (unpaired) electrons. The zero-order chi connectivity index (χ0) is 19.1. The molecule has 0 spiro atoms. The molecule has 26 heavy (non-hydrogen) atoms. The lowest BCUT2D eigenvalue weighted by Gasteiger charge is -2.22. The van der Waals surface area contributed by atoms with E-state index in [9.17, 15) is 9.90 Å². The number of halogens is 1. The van der Waals surface area contributed by atoms with Crippen LogP contribution in [0.3, 0.4) is 0 Å². The summed E-state index contributed by atoms with van der Waals surface area (Å²) >= 11 is 6.17. The molecule has 0 aliphatic rings. The SMILES string of the molecule is CCC(=O)Oc1cc(-n2nc3cccc(Cl)c3n2)c(O)c(C(C)(C)C)c1. The average molecular weight is 374 g/mol. The summed E-state index contributed by atoms with van der Waals surface area (Å²) in [6.45, 7) is 7.60. The molecule has 0 aliphatic heterocycles. The van der Waals surface area contributed by atoms with Gasteiger partial charge in [0.15, 0.2) is 0 Å². The smallest absolute Gasteiger partial charge is 0.310 e. The van der Waals surface area contributed by atoms with E-state index in [1.807, 2.05) is 20.8 Å². The van der Waals surface area contributed by atoms with Crippen LogP contribution in [-0.4, -0.2) is 26.1 Å². The number of fused-ring (bicyclic) bond motifs is 1. The molecule has 1 heterocycles. The molecule has 0 unspecified atom stereocenters. The van der Waals surface area contributed by atoms with Gasteiger partial charge in [-0.25, -0.2) is 0 Å².